The minimum Gasteiger partial charge on any atom is -0.481 e. The number of alkyl halides is 1. The van der Waals surface area contributed by atoms with Crippen LogP contribution in [0.2, 0.25) is 0 Å². The van der Waals surface area contributed by atoms with Crippen molar-refractivity contribution in [3.63, 3.8) is 0 Å². The largest absolute Gasteiger partial charge is 0.481 e. The first-order valence-electron chi connectivity index (χ1n) is 13.8. The van der Waals surface area contributed by atoms with E-state index in [1.807, 2.05) is 38.1 Å². The van der Waals surface area contributed by atoms with Gasteiger partial charge in [0.2, 0.25) is 5.91 Å². The predicted octanol–water partition coefficient (Wildman–Crippen LogP) is 4.01. The number of halogens is 1. The third kappa shape index (κ3) is 5.01. The number of hydrogen-bond acceptors (Lipinski definition) is 6. The summed E-state index contributed by atoms with van der Waals surface area (Å²) in [5.74, 6) is -3.13. The number of likely N-dealkylation sites (tertiary alicyclic amines) is 1. The maximum atomic E-state index is 14.7. The molecule has 0 aliphatic carbocycles. The number of carbonyl (C=O) groups excluding carboxylic acids is 2. The van der Waals surface area contributed by atoms with Crippen molar-refractivity contribution >= 4 is 56.9 Å². The molecule has 0 radical (unpaired) electrons. The van der Waals surface area contributed by atoms with Gasteiger partial charge in [0.05, 0.1) is 29.2 Å². The lowest BCUT2D eigenvalue weighted by molar-refractivity contribution is -0.149. The number of rotatable bonds is 12. The first kappa shape index (κ1) is 29.9. The number of carbonyl (C=O) groups is 3. The number of nitrogens with zero attached hydrogens (tertiary/aromatic N) is 3. The molecule has 4 rings (SSSR count). The highest BCUT2D eigenvalue weighted by Gasteiger charge is 2.76. The van der Waals surface area contributed by atoms with Crippen LogP contribution < -0.4 is 9.80 Å². The summed E-state index contributed by atoms with van der Waals surface area (Å²) in [7, 11) is 0. The molecule has 0 aromatic heterocycles. The Hall–Kier alpha value is -2.04. The molecular formula is C29H40BrN3O5S. The highest BCUT2D eigenvalue weighted by molar-refractivity contribution is 9.09. The minimum atomic E-state index is -1.01. The minimum absolute atomic E-state index is 0.123. The summed E-state index contributed by atoms with van der Waals surface area (Å²) in [5.41, 5.74) is 1.75. The lowest BCUT2D eigenvalue weighted by Gasteiger charge is -2.40. The number of aliphatic hydroxyl groups is 1. The van der Waals surface area contributed by atoms with Crippen LogP contribution in [0.5, 0.6) is 0 Å². The molecule has 3 aliphatic heterocycles. The highest BCUT2D eigenvalue weighted by Crippen LogP contribution is 2.68. The maximum absolute atomic E-state index is 14.7. The monoisotopic (exact) mass is 621 g/mol. The topological polar surface area (TPSA) is 101 Å². The zero-order chi connectivity index (χ0) is 28.6. The van der Waals surface area contributed by atoms with E-state index in [2.05, 4.69) is 41.3 Å². The number of thioether (sulfide) groups is 1. The van der Waals surface area contributed by atoms with Crippen molar-refractivity contribution in [2.75, 3.05) is 36.0 Å². The third-order valence-electron chi connectivity index (χ3n) is 8.46. The first-order valence-corrected chi connectivity index (χ1v) is 15.6. The number of aliphatic carboxylic acids is 1. The van der Waals surface area contributed by atoms with Gasteiger partial charge in [-0.2, -0.15) is 0 Å². The number of benzene rings is 1. The summed E-state index contributed by atoms with van der Waals surface area (Å²) >= 11 is 5.16. The van der Waals surface area contributed by atoms with Crippen LogP contribution in [-0.4, -0.2) is 86.0 Å². The van der Waals surface area contributed by atoms with Gasteiger partial charge in [0.1, 0.15) is 6.04 Å². The Bertz CT molecular complexity index is 1100. The van der Waals surface area contributed by atoms with Crippen LogP contribution in [0.3, 0.4) is 0 Å². The number of carboxylic acid groups (broad SMARTS) is 1. The summed E-state index contributed by atoms with van der Waals surface area (Å²) in [6.07, 6.45) is 2.69. The second-order valence-electron chi connectivity index (χ2n) is 11.1. The molecule has 1 spiro atoms. The number of amides is 2. The molecule has 3 saturated heterocycles. The smallest absolute Gasteiger partial charge is 0.308 e. The van der Waals surface area contributed by atoms with Crippen molar-refractivity contribution in [2.24, 2.45) is 17.8 Å². The van der Waals surface area contributed by atoms with Gasteiger partial charge >= 0.3 is 5.97 Å². The molecule has 3 aliphatic rings. The fraction of sp³-hybridized carbons (Fsp3) is 0.621. The molecule has 1 aromatic carbocycles. The summed E-state index contributed by atoms with van der Waals surface area (Å²) in [6.45, 7) is 13.8. The van der Waals surface area contributed by atoms with Crippen LogP contribution in [-0.2, 0) is 14.4 Å². The van der Waals surface area contributed by atoms with Gasteiger partial charge < -0.3 is 24.9 Å². The molecule has 10 heteroatoms. The molecular weight excluding hydrogens is 582 g/mol. The molecule has 3 fully saturated rings. The molecule has 3 heterocycles. The highest BCUT2D eigenvalue weighted by atomic mass is 79.9. The van der Waals surface area contributed by atoms with Crippen LogP contribution in [0.15, 0.2) is 36.9 Å². The van der Waals surface area contributed by atoms with Gasteiger partial charge in [0.25, 0.3) is 5.91 Å². The lowest BCUT2D eigenvalue weighted by Crippen LogP contribution is -2.58. The van der Waals surface area contributed by atoms with E-state index in [0.717, 1.165) is 18.8 Å². The van der Waals surface area contributed by atoms with Crippen LogP contribution in [0, 0.1) is 17.8 Å². The second-order valence-corrected chi connectivity index (χ2v) is 13.9. The quantitative estimate of drug-likeness (QED) is 0.269. The second kappa shape index (κ2) is 11.8. The predicted molar refractivity (Wildman–Crippen MR) is 160 cm³/mol. The number of anilines is 2. The van der Waals surface area contributed by atoms with E-state index in [4.69, 9.17) is 0 Å². The van der Waals surface area contributed by atoms with Crippen LogP contribution in [0.25, 0.3) is 0 Å². The van der Waals surface area contributed by atoms with E-state index >= 15 is 0 Å². The molecule has 1 aromatic rings. The van der Waals surface area contributed by atoms with Gasteiger partial charge in [0, 0.05) is 41.1 Å². The summed E-state index contributed by atoms with van der Waals surface area (Å²) in [5, 5.41) is 20.3. The van der Waals surface area contributed by atoms with Crippen molar-refractivity contribution in [3.05, 3.63) is 36.9 Å². The zero-order valence-electron chi connectivity index (χ0n) is 23.1. The van der Waals surface area contributed by atoms with Gasteiger partial charge in [-0.05, 0) is 56.9 Å². The molecule has 0 saturated carbocycles. The molecule has 2 amide bonds. The first-order chi connectivity index (χ1) is 18.6. The molecule has 2 N–H and O–H groups in total. The van der Waals surface area contributed by atoms with Crippen molar-refractivity contribution in [1.29, 1.82) is 0 Å². The van der Waals surface area contributed by atoms with Crippen LogP contribution in [0.4, 0.5) is 11.4 Å². The van der Waals surface area contributed by atoms with Crippen molar-refractivity contribution in [2.45, 2.75) is 67.4 Å². The Morgan fingerprint density at radius 2 is 1.85 bits per heavy atom. The maximum Gasteiger partial charge on any atom is 0.308 e. The van der Waals surface area contributed by atoms with E-state index < -0.39 is 34.6 Å². The van der Waals surface area contributed by atoms with E-state index in [-0.39, 0.29) is 41.0 Å². The average molecular weight is 623 g/mol. The fourth-order valence-electron chi connectivity index (χ4n) is 6.87. The molecule has 2 bridgehead atoms. The Morgan fingerprint density at radius 1 is 1.23 bits per heavy atom. The van der Waals surface area contributed by atoms with E-state index in [1.54, 1.807) is 15.9 Å². The number of fused-ring (bicyclic) bond motifs is 1. The normalized spacial score (nSPS) is 30.0. The van der Waals surface area contributed by atoms with Gasteiger partial charge in [-0.25, -0.2) is 0 Å². The van der Waals surface area contributed by atoms with Crippen molar-refractivity contribution in [1.82, 2.24) is 4.90 Å². The van der Waals surface area contributed by atoms with Gasteiger partial charge in [-0.15, -0.1) is 18.3 Å². The number of carboxylic acids is 1. The Morgan fingerprint density at radius 3 is 2.36 bits per heavy atom. The Labute approximate surface area is 243 Å². The third-order valence-corrected chi connectivity index (χ3v) is 11.7. The number of aliphatic hydroxyl groups excluding tert-OH is 1. The lowest BCUT2D eigenvalue weighted by atomic mass is 9.71. The molecule has 8 nitrogen and oxygen atoms in total. The molecule has 3 unspecified atom stereocenters. The number of hydrogen-bond donors (Lipinski definition) is 2. The summed E-state index contributed by atoms with van der Waals surface area (Å²) in [4.78, 5) is 46.5. The summed E-state index contributed by atoms with van der Waals surface area (Å²) in [6, 6.07) is 6.33. The van der Waals surface area contributed by atoms with Crippen LogP contribution in [0.1, 0.15) is 40.5 Å². The van der Waals surface area contributed by atoms with Gasteiger partial charge in [-0.1, -0.05) is 35.9 Å². The molecule has 39 heavy (non-hydrogen) atoms. The standard InChI is InChI=1S/C29H40BrN3O5S/c1-6-13-32(19-11-9-18(10-12-19)31(7-2)8-3)27(36)25-29-15-21(30)24(39-29)22(28(37)38)23(29)26(35)33(25)20(16-34)14-17(4)5/h6,9-12,17,20-25,34H,1,7-8,13-16H2,2-5H3,(H,37,38)/t20-,21?,22-,23+,24-,25?,29?/m1/s1. The van der Waals surface area contributed by atoms with Gasteiger partial charge in [0.15, 0.2) is 0 Å². The Kier molecular flexibility index (Phi) is 9.08. The molecule has 7 atom stereocenters. The van der Waals surface area contributed by atoms with E-state index in [1.165, 1.54) is 11.8 Å². The SMILES string of the molecule is C=CCN(C(=O)C1N([C@@H](CO)CC(C)C)C(=O)[C@@H]2[C@@H](C(=O)O)[C@@H]3SC12CC3Br)c1ccc(N(CC)CC)cc1. The van der Waals surface area contributed by atoms with Crippen molar-refractivity contribution in [3.8, 4) is 0 Å². The molecule has 214 valence electrons. The Balaban J connectivity index is 1.80. The van der Waals surface area contributed by atoms with Crippen LogP contribution >= 0.6 is 27.7 Å². The fourth-order valence-corrected chi connectivity index (χ4v) is 10.5. The van der Waals surface area contributed by atoms with E-state index in [0.29, 0.717) is 18.5 Å². The van der Waals surface area contributed by atoms with Gasteiger partial charge in [-0.3, -0.25) is 14.4 Å². The van der Waals surface area contributed by atoms with Crippen molar-refractivity contribution < 1.29 is 24.6 Å². The zero-order valence-corrected chi connectivity index (χ0v) is 25.5. The summed E-state index contributed by atoms with van der Waals surface area (Å²) < 4.78 is -0.888. The van der Waals surface area contributed by atoms with E-state index in [9.17, 15) is 24.6 Å². The average Bonchev–Trinajstić information content (AvgIpc) is 3.50.